The average molecular weight is 314 g/mol. The number of aryl methyl sites for hydroxylation is 1. The van der Waals surface area contributed by atoms with Crippen molar-refractivity contribution in [2.75, 3.05) is 19.1 Å². The molecule has 1 aromatic carbocycles. The summed E-state index contributed by atoms with van der Waals surface area (Å²) in [5.74, 6) is 0.272. The van der Waals surface area contributed by atoms with E-state index in [1.807, 2.05) is 0 Å². The molecule has 0 saturated heterocycles. The van der Waals surface area contributed by atoms with E-state index in [1.54, 1.807) is 25.4 Å². The number of carbonyl (C=O) groups excluding carboxylic acids is 2. The molecule has 118 valence electrons. The van der Waals surface area contributed by atoms with Gasteiger partial charge in [0.15, 0.2) is 17.2 Å². The molecule has 0 radical (unpaired) electrons. The fourth-order valence-corrected chi connectivity index (χ4v) is 3.16. The third-order valence-corrected chi connectivity index (χ3v) is 4.12. The highest BCUT2D eigenvalue weighted by Crippen LogP contribution is 2.46. The first-order valence-electron chi connectivity index (χ1n) is 6.99. The largest absolute Gasteiger partial charge is 0.493 e. The number of rotatable bonds is 2. The smallest absolute Gasteiger partial charge is 0.275 e. The number of benzene rings is 1. The molecule has 2 aliphatic heterocycles. The van der Waals surface area contributed by atoms with Gasteiger partial charge in [-0.15, -0.1) is 0 Å². The molecule has 23 heavy (non-hydrogen) atoms. The molecule has 0 saturated carbocycles. The number of amides is 2. The van der Waals surface area contributed by atoms with Crippen molar-refractivity contribution in [3.05, 3.63) is 35.2 Å². The number of ether oxygens (including phenoxy) is 2. The van der Waals surface area contributed by atoms with Gasteiger partial charge >= 0.3 is 0 Å². The van der Waals surface area contributed by atoms with E-state index in [1.165, 1.54) is 23.8 Å². The number of nitrogens with one attached hydrogen (secondary N) is 1. The van der Waals surface area contributed by atoms with Crippen LogP contribution in [0.25, 0.3) is 0 Å². The maximum Gasteiger partial charge on any atom is 0.275 e. The van der Waals surface area contributed by atoms with Crippen LogP contribution in [0.2, 0.25) is 0 Å². The zero-order chi connectivity index (χ0) is 16.3. The molecule has 0 aliphatic carbocycles. The van der Waals surface area contributed by atoms with Gasteiger partial charge in [0.1, 0.15) is 6.17 Å². The number of aromatic nitrogens is 2. The molecule has 0 fully saturated rings. The maximum atomic E-state index is 13.0. The lowest BCUT2D eigenvalue weighted by Gasteiger charge is -2.29. The molecule has 2 aliphatic rings. The minimum absolute atomic E-state index is 0.232. The fraction of sp³-hybridized carbons (Fsp3) is 0.267. The van der Waals surface area contributed by atoms with Gasteiger partial charge in [0.25, 0.3) is 11.8 Å². The van der Waals surface area contributed by atoms with Crippen LogP contribution in [0.1, 0.15) is 32.6 Å². The van der Waals surface area contributed by atoms with Gasteiger partial charge < -0.3 is 14.8 Å². The van der Waals surface area contributed by atoms with E-state index < -0.39 is 6.17 Å². The standard InChI is InChI=1S/C15H14N4O4/c1-18-6-8-11(17-18)14(20)16-13-7-4-5-9(22-2)12(23-3)10(7)15(21)19(8)13/h4-6,13H,1-3H3,(H,16,20)/t13-/m0/s1. The number of nitrogens with zero attached hydrogens (tertiary/aromatic N) is 3. The van der Waals surface area contributed by atoms with Crippen LogP contribution in [0, 0.1) is 0 Å². The highest BCUT2D eigenvalue weighted by molar-refractivity contribution is 6.17. The predicted octanol–water partition coefficient (Wildman–Crippen LogP) is 0.840. The second-order valence-electron chi connectivity index (χ2n) is 5.35. The number of hydrogen-bond acceptors (Lipinski definition) is 5. The van der Waals surface area contributed by atoms with Gasteiger partial charge in [0.05, 0.1) is 25.5 Å². The van der Waals surface area contributed by atoms with Crippen molar-refractivity contribution in [1.29, 1.82) is 0 Å². The lowest BCUT2D eigenvalue weighted by molar-refractivity contribution is 0.0907. The molecule has 0 bridgehead atoms. The van der Waals surface area contributed by atoms with Crippen LogP contribution < -0.4 is 19.7 Å². The van der Waals surface area contributed by atoms with Crippen LogP contribution in [-0.4, -0.2) is 35.8 Å². The summed E-state index contributed by atoms with van der Waals surface area (Å²) in [5.41, 5.74) is 1.80. The van der Waals surface area contributed by atoms with Crippen molar-refractivity contribution in [2.24, 2.45) is 7.05 Å². The number of carbonyl (C=O) groups is 2. The Morgan fingerprint density at radius 3 is 2.70 bits per heavy atom. The van der Waals surface area contributed by atoms with Crippen LogP contribution in [0.4, 0.5) is 5.69 Å². The van der Waals surface area contributed by atoms with Crippen molar-refractivity contribution in [2.45, 2.75) is 6.17 Å². The van der Waals surface area contributed by atoms with Gasteiger partial charge in [-0.2, -0.15) is 5.10 Å². The fourth-order valence-electron chi connectivity index (χ4n) is 3.16. The second-order valence-corrected chi connectivity index (χ2v) is 5.35. The Morgan fingerprint density at radius 1 is 1.22 bits per heavy atom. The van der Waals surface area contributed by atoms with Crippen molar-refractivity contribution in [3.8, 4) is 11.5 Å². The molecule has 0 unspecified atom stereocenters. The number of anilines is 1. The highest BCUT2D eigenvalue weighted by atomic mass is 16.5. The zero-order valence-electron chi connectivity index (χ0n) is 12.8. The van der Waals surface area contributed by atoms with Gasteiger partial charge in [0, 0.05) is 18.8 Å². The molecular formula is C15H14N4O4. The van der Waals surface area contributed by atoms with Gasteiger partial charge in [0.2, 0.25) is 0 Å². The van der Waals surface area contributed by atoms with Crippen molar-refractivity contribution in [3.63, 3.8) is 0 Å². The quantitative estimate of drug-likeness (QED) is 0.888. The first-order valence-corrected chi connectivity index (χ1v) is 6.99. The third kappa shape index (κ3) is 1.63. The number of methoxy groups -OCH3 is 2. The zero-order valence-corrected chi connectivity index (χ0v) is 12.8. The second kappa shape index (κ2) is 4.48. The van der Waals surface area contributed by atoms with E-state index in [9.17, 15) is 9.59 Å². The van der Waals surface area contributed by atoms with E-state index in [-0.39, 0.29) is 17.5 Å². The van der Waals surface area contributed by atoms with E-state index in [0.717, 1.165) is 0 Å². The van der Waals surface area contributed by atoms with Crippen LogP contribution in [0.15, 0.2) is 18.3 Å². The van der Waals surface area contributed by atoms with Crippen LogP contribution >= 0.6 is 0 Å². The summed E-state index contributed by atoms with van der Waals surface area (Å²) in [7, 11) is 4.70. The Balaban J connectivity index is 1.95. The molecule has 1 N–H and O–H groups in total. The molecule has 3 heterocycles. The van der Waals surface area contributed by atoms with Crippen molar-refractivity contribution >= 4 is 17.5 Å². The monoisotopic (exact) mass is 314 g/mol. The number of fused-ring (bicyclic) bond motifs is 5. The number of hydrogen-bond donors (Lipinski definition) is 1. The predicted molar refractivity (Wildman–Crippen MR) is 79.8 cm³/mol. The summed E-state index contributed by atoms with van der Waals surface area (Å²) in [6.45, 7) is 0. The molecule has 1 atom stereocenters. The first kappa shape index (κ1) is 13.6. The van der Waals surface area contributed by atoms with E-state index in [0.29, 0.717) is 28.3 Å². The maximum absolute atomic E-state index is 13.0. The summed E-state index contributed by atoms with van der Waals surface area (Å²) >= 11 is 0. The van der Waals surface area contributed by atoms with Crippen LogP contribution in [0.3, 0.4) is 0 Å². The van der Waals surface area contributed by atoms with Gasteiger partial charge in [-0.1, -0.05) is 6.07 Å². The Morgan fingerprint density at radius 2 is 2.00 bits per heavy atom. The van der Waals surface area contributed by atoms with Gasteiger partial charge in [-0.05, 0) is 6.07 Å². The molecular weight excluding hydrogens is 300 g/mol. The highest BCUT2D eigenvalue weighted by Gasteiger charge is 2.47. The van der Waals surface area contributed by atoms with Crippen molar-refractivity contribution in [1.82, 2.24) is 15.1 Å². The summed E-state index contributed by atoms with van der Waals surface area (Å²) in [5, 5.41) is 6.94. The minimum Gasteiger partial charge on any atom is -0.493 e. The Hall–Kier alpha value is -3.03. The van der Waals surface area contributed by atoms with Gasteiger partial charge in [-0.3, -0.25) is 19.2 Å². The molecule has 0 spiro atoms. The average Bonchev–Trinajstić information content (AvgIpc) is 3.05. The summed E-state index contributed by atoms with van der Waals surface area (Å²) in [6, 6.07) is 3.49. The molecule has 8 heteroatoms. The van der Waals surface area contributed by atoms with E-state index >= 15 is 0 Å². The van der Waals surface area contributed by atoms with Crippen molar-refractivity contribution < 1.29 is 19.1 Å². The molecule has 2 aromatic rings. The molecule has 4 rings (SSSR count). The topological polar surface area (TPSA) is 85.7 Å². The summed E-state index contributed by atoms with van der Waals surface area (Å²) in [6.07, 6.45) is 1.09. The Bertz CT molecular complexity index is 857. The SMILES string of the molecule is COc1ccc2c(c1OC)C(=O)N1c3cn(C)nc3C(=O)N[C@H]21. The Kier molecular flexibility index (Phi) is 2.65. The Labute approximate surface area is 131 Å². The normalized spacial score (nSPS) is 18.2. The van der Waals surface area contributed by atoms with E-state index in [2.05, 4.69) is 10.4 Å². The molecule has 2 amide bonds. The molecule has 8 nitrogen and oxygen atoms in total. The summed E-state index contributed by atoms with van der Waals surface area (Å²) < 4.78 is 12.1. The first-order chi connectivity index (χ1) is 11.1. The summed E-state index contributed by atoms with van der Waals surface area (Å²) in [4.78, 5) is 26.7. The molecule has 1 aromatic heterocycles. The van der Waals surface area contributed by atoms with Gasteiger partial charge in [-0.25, -0.2) is 0 Å². The third-order valence-electron chi connectivity index (χ3n) is 4.12. The van der Waals surface area contributed by atoms with E-state index in [4.69, 9.17) is 9.47 Å². The van der Waals surface area contributed by atoms with Crippen LogP contribution in [0.5, 0.6) is 11.5 Å². The lowest BCUT2D eigenvalue weighted by Crippen LogP contribution is -2.44. The lowest BCUT2D eigenvalue weighted by atomic mass is 10.1. The minimum atomic E-state index is -0.568. The van der Waals surface area contributed by atoms with Crippen LogP contribution in [-0.2, 0) is 7.05 Å².